The van der Waals surface area contributed by atoms with Crippen molar-refractivity contribution in [3.05, 3.63) is 12.2 Å². The highest BCUT2D eigenvalue weighted by Gasteiger charge is 2.28. The first-order chi connectivity index (χ1) is 7.81. The van der Waals surface area contributed by atoms with Crippen molar-refractivity contribution >= 4 is 5.78 Å². The molecule has 0 heterocycles. The Balaban J connectivity index is 3.81. The molecule has 0 fully saturated rings. The van der Waals surface area contributed by atoms with Crippen LogP contribution in [0.25, 0.3) is 0 Å². The summed E-state index contributed by atoms with van der Waals surface area (Å²) in [6, 6.07) is 0. The lowest BCUT2D eigenvalue weighted by molar-refractivity contribution is -0.136. The van der Waals surface area contributed by atoms with Crippen LogP contribution < -0.4 is 0 Å². The summed E-state index contributed by atoms with van der Waals surface area (Å²) < 4.78 is 5.58. The average molecular weight is 242 g/mol. The summed E-state index contributed by atoms with van der Waals surface area (Å²) >= 11 is 0. The number of ether oxygens (including phenoxy) is 1. The Morgan fingerprint density at radius 3 is 2.47 bits per heavy atom. The van der Waals surface area contributed by atoms with Crippen molar-refractivity contribution in [1.82, 2.24) is 0 Å². The molecule has 17 heavy (non-hydrogen) atoms. The molecule has 1 atom stereocenters. The molecular formula is C14H26O3. The minimum absolute atomic E-state index is 0.0499. The van der Waals surface area contributed by atoms with Gasteiger partial charge >= 0.3 is 0 Å². The van der Waals surface area contributed by atoms with Gasteiger partial charge in [-0.05, 0) is 52.0 Å². The molecular weight excluding hydrogens is 216 g/mol. The van der Waals surface area contributed by atoms with Crippen LogP contribution in [0.4, 0.5) is 0 Å². The van der Waals surface area contributed by atoms with E-state index in [0.717, 1.165) is 25.7 Å². The zero-order chi connectivity index (χ0) is 13.5. The second-order valence-electron chi connectivity index (χ2n) is 5.03. The molecule has 100 valence electrons. The Morgan fingerprint density at radius 2 is 2.00 bits per heavy atom. The Bertz CT molecular complexity index is 256. The van der Waals surface area contributed by atoms with Gasteiger partial charge in [0.15, 0.2) is 5.78 Å². The number of unbranched alkanes of at least 4 members (excludes halogenated alkanes) is 1. The van der Waals surface area contributed by atoms with Crippen molar-refractivity contribution in [3.63, 3.8) is 0 Å². The van der Waals surface area contributed by atoms with Crippen LogP contribution in [-0.4, -0.2) is 29.2 Å². The normalized spacial score (nSPS) is 13.5. The van der Waals surface area contributed by atoms with Gasteiger partial charge in [-0.3, -0.25) is 4.79 Å². The van der Waals surface area contributed by atoms with E-state index in [1.165, 1.54) is 0 Å². The lowest BCUT2D eigenvalue weighted by Gasteiger charge is -2.24. The zero-order valence-corrected chi connectivity index (χ0v) is 11.6. The Morgan fingerprint density at radius 1 is 1.41 bits per heavy atom. The van der Waals surface area contributed by atoms with Crippen molar-refractivity contribution < 1.29 is 14.6 Å². The number of aliphatic hydroxyl groups excluding tert-OH is 1. The summed E-state index contributed by atoms with van der Waals surface area (Å²) in [6.45, 7) is 11.4. The molecule has 0 aromatic carbocycles. The lowest BCUT2D eigenvalue weighted by Crippen LogP contribution is -2.35. The van der Waals surface area contributed by atoms with Gasteiger partial charge in [0.1, 0.15) is 5.60 Å². The molecule has 0 aromatic heterocycles. The number of Topliss-reactive ketones (excluding diaryl/α,β-unsaturated/α-hetero) is 1. The topological polar surface area (TPSA) is 46.5 Å². The first-order valence-electron chi connectivity index (χ1n) is 6.33. The molecule has 0 radical (unpaired) electrons. The van der Waals surface area contributed by atoms with Gasteiger partial charge in [0.2, 0.25) is 0 Å². The first kappa shape index (κ1) is 16.3. The number of hydrogen-bond acceptors (Lipinski definition) is 3. The van der Waals surface area contributed by atoms with E-state index in [0.29, 0.717) is 12.2 Å². The van der Waals surface area contributed by atoms with E-state index in [-0.39, 0.29) is 11.9 Å². The SMILES string of the molecule is C=C(C)C(=O)C(C)(C)OCCCCC(O)CC. The summed E-state index contributed by atoms with van der Waals surface area (Å²) in [7, 11) is 0. The van der Waals surface area contributed by atoms with E-state index >= 15 is 0 Å². The Hall–Kier alpha value is -0.670. The third-order valence-corrected chi connectivity index (χ3v) is 2.80. The summed E-state index contributed by atoms with van der Waals surface area (Å²) in [6.07, 6.45) is 3.17. The van der Waals surface area contributed by atoms with Crippen molar-refractivity contribution in [1.29, 1.82) is 0 Å². The lowest BCUT2D eigenvalue weighted by atomic mass is 9.98. The van der Waals surface area contributed by atoms with E-state index in [1.54, 1.807) is 20.8 Å². The number of carbonyl (C=O) groups is 1. The number of ketones is 1. The molecule has 0 amide bonds. The second kappa shape index (κ2) is 7.62. The standard InChI is InChI=1S/C14H26O3/c1-6-12(15)9-7-8-10-17-14(4,5)13(16)11(2)3/h12,15H,2,6-10H2,1,3-5H3. The van der Waals surface area contributed by atoms with Crippen LogP contribution in [0.3, 0.4) is 0 Å². The maximum Gasteiger partial charge on any atom is 0.189 e. The highest BCUT2D eigenvalue weighted by molar-refractivity contribution is 6.00. The number of hydrogen-bond donors (Lipinski definition) is 1. The molecule has 3 nitrogen and oxygen atoms in total. The van der Waals surface area contributed by atoms with Crippen molar-refractivity contribution in [2.75, 3.05) is 6.61 Å². The molecule has 0 aromatic rings. The van der Waals surface area contributed by atoms with Gasteiger partial charge < -0.3 is 9.84 Å². The van der Waals surface area contributed by atoms with Gasteiger partial charge in [-0.15, -0.1) is 0 Å². The van der Waals surface area contributed by atoms with E-state index < -0.39 is 5.60 Å². The van der Waals surface area contributed by atoms with Crippen LogP contribution in [0.15, 0.2) is 12.2 Å². The van der Waals surface area contributed by atoms with Crippen LogP contribution in [0.5, 0.6) is 0 Å². The summed E-state index contributed by atoms with van der Waals surface area (Å²) in [5.74, 6) is -0.0499. The van der Waals surface area contributed by atoms with Gasteiger partial charge in [-0.2, -0.15) is 0 Å². The van der Waals surface area contributed by atoms with Crippen LogP contribution in [0, 0.1) is 0 Å². The molecule has 0 rings (SSSR count). The fraction of sp³-hybridized carbons (Fsp3) is 0.786. The highest BCUT2D eigenvalue weighted by atomic mass is 16.5. The van der Waals surface area contributed by atoms with E-state index in [4.69, 9.17) is 4.74 Å². The largest absolute Gasteiger partial charge is 0.393 e. The molecule has 0 aliphatic carbocycles. The smallest absolute Gasteiger partial charge is 0.189 e. The quantitative estimate of drug-likeness (QED) is 0.499. The monoisotopic (exact) mass is 242 g/mol. The molecule has 0 bridgehead atoms. The molecule has 0 aliphatic heterocycles. The summed E-state index contributed by atoms with van der Waals surface area (Å²) in [4.78, 5) is 11.7. The predicted molar refractivity (Wildman–Crippen MR) is 70.0 cm³/mol. The third kappa shape index (κ3) is 6.59. The van der Waals surface area contributed by atoms with Gasteiger partial charge in [0.05, 0.1) is 6.10 Å². The fourth-order valence-electron chi connectivity index (χ4n) is 1.59. The first-order valence-corrected chi connectivity index (χ1v) is 6.33. The van der Waals surface area contributed by atoms with E-state index in [9.17, 15) is 9.90 Å². The van der Waals surface area contributed by atoms with Crippen LogP contribution in [0.2, 0.25) is 0 Å². The fourth-order valence-corrected chi connectivity index (χ4v) is 1.59. The van der Waals surface area contributed by atoms with Crippen LogP contribution in [0.1, 0.15) is 53.4 Å². The minimum Gasteiger partial charge on any atom is -0.393 e. The zero-order valence-electron chi connectivity index (χ0n) is 11.6. The molecule has 0 saturated carbocycles. The molecule has 1 unspecified atom stereocenters. The van der Waals surface area contributed by atoms with Crippen LogP contribution in [-0.2, 0) is 9.53 Å². The van der Waals surface area contributed by atoms with Crippen molar-refractivity contribution in [2.45, 2.75) is 65.1 Å². The highest BCUT2D eigenvalue weighted by Crippen LogP contribution is 2.16. The minimum atomic E-state index is -0.783. The van der Waals surface area contributed by atoms with Gasteiger partial charge in [0, 0.05) is 6.61 Å². The van der Waals surface area contributed by atoms with Crippen molar-refractivity contribution in [3.8, 4) is 0 Å². The van der Waals surface area contributed by atoms with Gasteiger partial charge in [-0.1, -0.05) is 13.5 Å². The average Bonchev–Trinajstić information content (AvgIpc) is 2.26. The molecule has 3 heteroatoms. The maximum absolute atomic E-state index is 11.7. The summed E-state index contributed by atoms with van der Waals surface area (Å²) in [5.41, 5.74) is -0.258. The second-order valence-corrected chi connectivity index (χ2v) is 5.03. The van der Waals surface area contributed by atoms with Gasteiger partial charge in [-0.25, -0.2) is 0 Å². The number of rotatable bonds is 9. The predicted octanol–water partition coefficient (Wildman–Crippen LogP) is 2.87. The number of carbonyl (C=O) groups excluding carboxylic acids is 1. The molecule has 0 saturated heterocycles. The van der Waals surface area contributed by atoms with E-state index in [2.05, 4.69) is 6.58 Å². The molecule has 1 N–H and O–H groups in total. The van der Waals surface area contributed by atoms with Crippen molar-refractivity contribution in [2.24, 2.45) is 0 Å². The summed E-state index contributed by atoms with van der Waals surface area (Å²) in [5, 5.41) is 9.37. The Labute approximate surface area is 105 Å². The van der Waals surface area contributed by atoms with E-state index in [1.807, 2.05) is 6.92 Å². The Kier molecular flexibility index (Phi) is 7.32. The third-order valence-electron chi connectivity index (χ3n) is 2.80. The maximum atomic E-state index is 11.7. The van der Waals surface area contributed by atoms with Gasteiger partial charge in [0.25, 0.3) is 0 Å². The number of aliphatic hydroxyl groups is 1. The molecule has 0 aliphatic rings. The molecule has 0 spiro atoms. The van der Waals surface area contributed by atoms with Crippen LogP contribution >= 0.6 is 0 Å².